The molecule has 0 saturated heterocycles. The molecular formula is C24H31NO4. The molecule has 0 unspecified atom stereocenters. The third kappa shape index (κ3) is 7.26. The van der Waals surface area contributed by atoms with Crippen molar-refractivity contribution >= 4 is 17.6 Å². The molecule has 0 saturated carbocycles. The lowest BCUT2D eigenvalue weighted by molar-refractivity contribution is -0.155. The minimum Gasteiger partial charge on any atom is -0.479 e. The molecule has 0 bridgehead atoms. The second-order valence-electron chi connectivity index (χ2n) is 7.19. The molecule has 2 aromatic carbocycles. The van der Waals surface area contributed by atoms with Gasteiger partial charge in [0.05, 0.1) is 6.10 Å². The summed E-state index contributed by atoms with van der Waals surface area (Å²) in [5.41, 5.74) is 2.55. The number of benzene rings is 2. The van der Waals surface area contributed by atoms with E-state index in [1.165, 1.54) is 5.56 Å². The Kier molecular flexibility index (Phi) is 8.71. The lowest BCUT2D eigenvalue weighted by Crippen LogP contribution is -2.29. The largest absolute Gasteiger partial charge is 0.479 e. The zero-order chi connectivity index (χ0) is 21.2. The van der Waals surface area contributed by atoms with Crippen molar-refractivity contribution in [1.29, 1.82) is 0 Å². The van der Waals surface area contributed by atoms with Crippen molar-refractivity contribution in [3.05, 3.63) is 59.7 Å². The summed E-state index contributed by atoms with van der Waals surface area (Å²) in [6, 6.07) is 14.6. The molecule has 0 spiro atoms. The van der Waals surface area contributed by atoms with Crippen LogP contribution >= 0.6 is 0 Å². The highest BCUT2D eigenvalue weighted by Crippen LogP contribution is 2.17. The maximum atomic E-state index is 12.4. The standard InChI is InChI=1S/C24H31NO4/c1-5-7-8-19-9-13-21(14-10-19)25-23(26)20-11-15-22(16-12-20)29-18(4)24(27)28-17(3)6-2/h9-18H,5-8H2,1-4H3,(H,25,26)/t17-,18-/m1/s1. The first-order valence-corrected chi connectivity index (χ1v) is 10.3. The average Bonchev–Trinajstić information content (AvgIpc) is 2.73. The van der Waals surface area contributed by atoms with Gasteiger partial charge in [-0.15, -0.1) is 0 Å². The van der Waals surface area contributed by atoms with Crippen molar-refractivity contribution in [3.63, 3.8) is 0 Å². The van der Waals surface area contributed by atoms with E-state index in [0.717, 1.165) is 31.4 Å². The lowest BCUT2D eigenvalue weighted by Gasteiger charge is -2.17. The molecule has 2 rings (SSSR count). The fourth-order valence-corrected chi connectivity index (χ4v) is 2.65. The van der Waals surface area contributed by atoms with Crippen LogP contribution in [0.4, 0.5) is 5.69 Å². The summed E-state index contributed by atoms with van der Waals surface area (Å²) in [7, 11) is 0. The van der Waals surface area contributed by atoms with E-state index < -0.39 is 12.1 Å². The molecule has 0 aliphatic rings. The maximum absolute atomic E-state index is 12.4. The molecule has 29 heavy (non-hydrogen) atoms. The van der Waals surface area contributed by atoms with Gasteiger partial charge in [-0.3, -0.25) is 4.79 Å². The Morgan fingerprint density at radius 2 is 1.62 bits per heavy atom. The smallest absolute Gasteiger partial charge is 0.347 e. The summed E-state index contributed by atoms with van der Waals surface area (Å²) in [6.07, 6.45) is 3.28. The SMILES string of the molecule is CCCCc1ccc(NC(=O)c2ccc(O[C@H](C)C(=O)O[C@H](C)CC)cc2)cc1. The zero-order valence-corrected chi connectivity index (χ0v) is 17.7. The number of hydrogen-bond acceptors (Lipinski definition) is 4. The number of hydrogen-bond donors (Lipinski definition) is 1. The van der Waals surface area contributed by atoms with Gasteiger partial charge in [0.25, 0.3) is 5.91 Å². The molecule has 0 aromatic heterocycles. The van der Waals surface area contributed by atoms with Gasteiger partial charge < -0.3 is 14.8 Å². The van der Waals surface area contributed by atoms with Gasteiger partial charge in [-0.2, -0.15) is 0 Å². The minimum absolute atomic E-state index is 0.139. The second-order valence-corrected chi connectivity index (χ2v) is 7.19. The third-order valence-corrected chi connectivity index (χ3v) is 4.68. The third-order valence-electron chi connectivity index (χ3n) is 4.68. The zero-order valence-electron chi connectivity index (χ0n) is 17.7. The summed E-state index contributed by atoms with van der Waals surface area (Å²) >= 11 is 0. The first-order chi connectivity index (χ1) is 13.9. The molecule has 1 amide bonds. The van der Waals surface area contributed by atoms with E-state index in [9.17, 15) is 9.59 Å². The Labute approximate surface area is 173 Å². The van der Waals surface area contributed by atoms with Crippen molar-refractivity contribution in [2.45, 2.75) is 65.6 Å². The highest BCUT2D eigenvalue weighted by atomic mass is 16.6. The molecule has 1 N–H and O–H groups in total. The molecule has 0 heterocycles. The van der Waals surface area contributed by atoms with Crippen LogP contribution in [0.1, 0.15) is 62.9 Å². The van der Waals surface area contributed by atoms with Crippen LogP contribution < -0.4 is 10.1 Å². The molecule has 2 atom stereocenters. The van der Waals surface area contributed by atoms with Crippen LogP contribution in [0.3, 0.4) is 0 Å². The van der Waals surface area contributed by atoms with Gasteiger partial charge in [0.1, 0.15) is 5.75 Å². The van der Waals surface area contributed by atoms with Gasteiger partial charge in [0.15, 0.2) is 6.10 Å². The van der Waals surface area contributed by atoms with Crippen LogP contribution in [-0.4, -0.2) is 24.1 Å². The molecule has 5 nitrogen and oxygen atoms in total. The minimum atomic E-state index is -0.713. The topological polar surface area (TPSA) is 64.6 Å². The number of carbonyl (C=O) groups is 2. The number of unbranched alkanes of at least 4 members (excludes halogenated alkanes) is 1. The van der Waals surface area contributed by atoms with E-state index in [4.69, 9.17) is 9.47 Å². The summed E-state index contributed by atoms with van der Waals surface area (Å²) < 4.78 is 10.9. The van der Waals surface area contributed by atoms with Crippen LogP contribution in [0.2, 0.25) is 0 Å². The van der Waals surface area contributed by atoms with Crippen LogP contribution in [0.15, 0.2) is 48.5 Å². The van der Waals surface area contributed by atoms with Crippen molar-refractivity contribution in [2.75, 3.05) is 5.32 Å². The number of carbonyl (C=O) groups excluding carboxylic acids is 2. The van der Waals surface area contributed by atoms with E-state index in [2.05, 4.69) is 12.2 Å². The van der Waals surface area contributed by atoms with E-state index in [1.54, 1.807) is 31.2 Å². The molecule has 0 aliphatic heterocycles. The molecule has 2 aromatic rings. The van der Waals surface area contributed by atoms with E-state index >= 15 is 0 Å². The number of aryl methyl sites for hydroxylation is 1. The molecule has 0 fully saturated rings. The van der Waals surface area contributed by atoms with Crippen molar-refractivity contribution in [3.8, 4) is 5.75 Å². The van der Waals surface area contributed by atoms with Crippen LogP contribution in [-0.2, 0) is 16.0 Å². The number of nitrogens with one attached hydrogen (secondary N) is 1. The van der Waals surface area contributed by atoms with Crippen LogP contribution in [0.5, 0.6) is 5.75 Å². The first-order valence-electron chi connectivity index (χ1n) is 10.3. The summed E-state index contributed by atoms with van der Waals surface area (Å²) in [6.45, 7) is 7.62. The Morgan fingerprint density at radius 3 is 2.21 bits per heavy atom. The van der Waals surface area contributed by atoms with Crippen LogP contribution in [0, 0.1) is 0 Å². The molecule has 156 valence electrons. The average molecular weight is 398 g/mol. The quantitative estimate of drug-likeness (QED) is 0.546. The Balaban J connectivity index is 1.90. The monoisotopic (exact) mass is 397 g/mol. The van der Waals surface area contributed by atoms with Crippen molar-refractivity contribution in [1.82, 2.24) is 0 Å². The van der Waals surface area contributed by atoms with E-state index in [-0.39, 0.29) is 12.0 Å². The van der Waals surface area contributed by atoms with Crippen molar-refractivity contribution in [2.24, 2.45) is 0 Å². The second kappa shape index (κ2) is 11.2. The van der Waals surface area contributed by atoms with E-state index in [1.807, 2.05) is 38.1 Å². The Morgan fingerprint density at radius 1 is 0.966 bits per heavy atom. The van der Waals surface area contributed by atoms with Gasteiger partial charge in [-0.25, -0.2) is 4.79 Å². The van der Waals surface area contributed by atoms with Gasteiger partial charge >= 0.3 is 5.97 Å². The number of esters is 1. The van der Waals surface area contributed by atoms with E-state index in [0.29, 0.717) is 11.3 Å². The number of ether oxygens (including phenoxy) is 2. The first kappa shape index (κ1) is 22.5. The van der Waals surface area contributed by atoms with Gasteiger partial charge in [0, 0.05) is 11.3 Å². The Bertz CT molecular complexity index is 784. The van der Waals surface area contributed by atoms with Crippen molar-refractivity contribution < 1.29 is 19.1 Å². The fourth-order valence-electron chi connectivity index (χ4n) is 2.65. The molecule has 5 heteroatoms. The Hall–Kier alpha value is -2.82. The normalized spacial score (nSPS) is 12.7. The van der Waals surface area contributed by atoms with Gasteiger partial charge in [-0.05, 0) is 75.1 Å². The summed E-state index contributed by atoms with van der Waals surface area (Å²) in [5.74, 6) is -0.0823. The van der Waals surface area contributed by atoms with Gasteiger partial charge in [-0.1, -0.05) is 32.4 Å². The number of rotatable bonds is 10. The lowest BCUT2D eigenvalue weighted by atomic mass is 10.1. The predicted molar refractivity (Wildman–Crippen MR) is 115 cm³/mol. The summed E-state index contributed by atoms with van der Waals surface area (Å²) in [5, 5.41) is 2.89. The summed E-state index contributed by atoms with van der Waals surface area (Å²) in [4.78, 5) is 24.4. The highest BCUT2D eigenvalue weighted by molar-refractivity contribution is 6.04. The van der Waals surface area contributed by atoms with Crippen LogP contribution in [0.25, 0.3) is 0 Å². The van der Waals surface area contributed by atoms with Gasteiger partial charge in [0.2, 0.25) is 0 Å². The molecule has 0 aliphatic carbocycles. The fraction of sp³-hybridized carbons (Fsp3) is 0.417. The number of anilines is 1. The maximum Gasteiger partial charge on any atom is 0.347 e. The number of amides is 1. The molecular weight excluding hydrogens is 366 g/mol. The highest BCUT2D eigenvalue weighted by Gasteiger charge is 2.18. The molecule has 0 radical (unpaired) electrons. The predicted octanol–water partition coefficient (Wildman–Crippen LogP) is 5.39.